The Morgan fingerprint density at radius 2 is 1.84 bits per heavy atom. The van der Waals surface area contributed by atoms with Crippen LogP contribution in [0.1, 0.15) is 25.7 Å². The van der Waals surface area contributed by atoms with Gasteiger partial charge in [-0.1, -0.05) is 0 Å². The number of anilines is 1. The number of ketones is 1. The normalized spacial score (nSPS) is 20.4. The van der Waals surface area contributed by atoms with Crippen molar-refractivity contribution in [3.63, 3.8) is 0 Å². The van der Waals surface area contributed by atoms with Crippen LogP contribution in [0.2, 0.25) is 0 Å². The van der Waals surface area contributed by atoms with Gasteiger partial charge >= 0.3 is 0 Å². The minimum absolute atomic E-state index is 0.149. The molecule has 0 saturated heterocycles. The molecule has 0 atom stereocenters. The highest BCUT2D eigenvalue weighted by Crippen LogP contribution is 2.32. The Balaban J connectivity index is 1.73. The second-order valence-corrected chi connectivity index (χ2v) is 4.66. The lowest BCUT2D eigenvalue weighted by Gasteiger charge is -2.18. The van der Waals surface area contributed by atoms with Crippen molar-refractivity contribution in [3.05, 3.63) is 18.2 Å². The molecular formula is C14H16N2O3. The Hall–Kier alpha value is -2.04. The molecule has 1 heterocycles. The van der Waals surface area contributed by atoms with Gasteiger partial charge in [-0.2, -0.15) is 5.10 Å². The summed E-state index contributed by atoms with van der Waals surface area (Å²) in [5.41, 5.74) is 4.37. The first-order chi connectivity index (χ1) is 9.33. The summed E-state index contributed by atoms with van der Waals surface area (Å²) < 4.78 is 10.9. The topological polar surface area (TPSA) is 59.9 Å². The highest BCUT2D eigenvalue weighted by molar-refractivity contribution is 6.40. The molecule has 1 aromatic rings. The van der Waals surface area contributed by atoms with Crippen LogP contribution >= 0.6 is 0 Å². The molecule has 1 fully saturated rings. The molecule has 1 aliphatic carbocycles. The second kappa shape index (κ2) is 5.30. The Morgan fingerprint density at radius 1 is 1.05 bits per heavy atom. The maximum atomic E-state index is 11.6. The van der Waals surface area contributed by atoms with E-state index in [0.717, 1.165) is 30.7 Å². The molecule has 0 unspecified atom stereocenters. The van der Waals surface area contributed by atoms with E-state index in [9.17, 15) is 4.79 Å². The fourth-order valence-electron chi connectivity index (χ4n) is 2.22. The average molecular weight is 260 g/mol. The number of carbonyl (C=O) groups excluding carboxylic acids is 1. The van der Waals surface area contributed by atoms with Crippen LogP contribution in [0.4, 0.5) is 5.69 Å². The molecule has 2 aliphatic rings. The number of hydrogen-bond donors (Lipinski definition) is 1. The highest BCUT2D eigenvalue weighted by Gasteiger charge is 2.16. The molecule has 19 heavy (non-hydrogen) atoms. The molecule has 5 heteroatoms. The summed E-state index contributed by atoms with van der Waals surface area (Å²) in [4.78, 5) is 11.6. The van der Waals surface area contributed by atoms with Crippen LogP contribution in [0, 0.1) is 0 Å². The number of Topliss-reactive ketones (excluding diaryl/α,β-unsaturated/α-hetero) is 1. The van der Waals surface area contributed by atoms with E-state index < -0.39 is 0 Å². The van der Waals surface area contributed by atoms with Gasteiger partial charge in [0.2, 0.25) is 0 Å². The number of hydrogen-bond acceptors (Lipinski definition) is 5. The second-order valence-electron chi connectivity index (χ2n) is 4.66. The van der Waals surface area contributed by atoms with Gasteiger partial charge in [-0.25, -0.2) is 0 Å². The first-order valence-corrected chi connectivity index (χ1v) is 6.58. The molecule has 0 bridgehead atoms. The third-order valence-corrected chi connectivity index (χ3v) is 3.25. The molecule has 100 valence electrons. The van der Waals surface area contributed by atoms with E-state index in [2.05, 4.69) is 10.5 Å². The number of nitrogens with one attached hydrogen (secondary N) is 1. The zero-order valence-electron chi connectivity index (χ0n) is 10.6. The van der Waals surface area contributed by atoms with E-state index in [-0.39, 0.29) is 5.78 Å². The lowest BCUT2D eigenvalue weighted by Crippen LogP contribution is -2.20. The van der Waals surface area contributed by atoms with Crippen LogP contribution in [0.15, 0.2) is 23.3 Å². The number of carbonyl (C=O) groups is 1. The van der Waals surface area contributed by atoms with Gasteiger partial charge in [-0.05, 0) is 31.4 Å². The minimum Gasteiger partial charge on any atom is -0.486 e. The van der Waals surface area contributed by atoms with Crippen molar-refractivity contribution in [2.75, 3.05) is 18.6 Å². The van der Waals surface area contributed by atoms with Crippen LogP contribution in [-0.2, 0) is 4.79 Å². The Kier molecular flexibility index (Phi) is 3.35. The minimum atomic E-state index is 0.149. The summed E-state index contributed by atoms with van der Waals surface area (Å²) in [7, 11) is 0. The summed E-state index contributed by atoms with van der Waals surface area (Å²) in [5.74, 6) is 1.61. The van der Waals surface area contributed by atoms with E-state index in [0.29, 0.717) is 31.1 Å². The van der Waals surface area contributed by atoms with Crippen molar-refractivity contribution in [2.45, 2.75) is 25.7 Å². The molecule has 0 spiro atoms. The highest BCUT2D eigenvalue weighted by atomic mass is 16.6. The molecule has 1 N–H and O–H groups in total. The molecular weight excluding hydrogens is 244 g/mol. The number of nitrogens with zero attached hydrogens (tertiary/aromatic N) is 1. The molecule has 1 aliphatic heterocycles. The largest absolute Gasteiger partial charge is 0.486 e. The van der Waals surface area contributed by atoms with Gasteiger partial charge in [0.05, 0.1) is 5.69 Å². The van der Waals surface area contributed by atoms with E-state index in [1.807, 2.05) is 18.2 Å². The summed E-state index contributed by atoms with van der Waals surface area (Å²) in [6.07, 6.45) is 3.38. The van der Waals surface area contributed by atoms with Gasteiger partial charge in [-0.15, -0.1) is 0 Å². The fourth-order valence-corrected chi connectivity index (χ4v) is 2.22. The van der Waals surface area contributed by atoms with Crippen LogP contribution in [0.25, 0.3) is 0 Å². The number of rotatable bonds is 2. The summed E-state index contributed by atoms with van der Waals surface area (Å²) >= 11 is 0. The summed E-state index contributed by atoms with van der Waals surface area (Å²) in [6, 6.07) is 5.55. The van der Waals surface area contributed by atoms with Gasteiger partial charge in [0, 0.05) is 12.5 Å². The number of benzene rings is 1. The van der Waals surface area contributed by atoms with E-state index in [1.165, 1.54) is 0 Å². The smallest absolute Gasteiger partial charge is 0.178 e. The van der Waals surface area contributed by atoms with Gasteiger partial charge in [0.25, 0.3) is 0 Å². The third kappa shape index (κ3) is 2.70. The molecule has 0 aromatic heterocycles. The molecule has 5 nitrogen and oxygen atoms in total. The molecule has 1 aromatic carbocycles. The molecule has 3 rings (SSSR count). The van der Waals surface area contributed by atoms with Crippen LogP contribution in [0.3, 0.4) is 0 Å². The predicted molar refractivity (Wildman–Crippen MR) is 72.0 cm³/mol. The van der Waals surface area contributed by atoms with E-state index in [4.69, 9.17) is 9.47 Å². The molecule has 0 radical (unpaired) electrons. The zero-order valence-corrected chi connectivity index (χ0v) is 10.6. The average Bonchev–Trinajstić information content (AvgIpc) is 2.46. The van der Waals surface area contributed by atoms with Gasteiger partial charge in [-0.3, -0.25) is 10.2 Å². The first-order valence-electron chi connectivity index (χ1n) is 6.58. The van der Waals surface area contributed by atoms with Crippen LogP contribution in [-0.4, -0.2) is 24.7 Å². The van der Waals surface area contributed by atoms with Gasteiger partial charge < -0.3 is 9.47 Å². The van der Waals surface area contributed by atoms with Crippen molar-refractivity contribution in [2.24, 2.45) is 5.10 Å². The Bertz CT molecular complexity index is 525. The Morgan fingerprint density at radius 3 is 2.68 bits per heavy atom. The van der Waals surface area contributed by atoms with Crippen molar-refractivity contribution >= 4 is 17.2 Å². The SMILES string of the molecule is O=C1CCCCC1=NNc1ccc2c(c1)OCCO2. The standard InChI is InChI=1S/C14H16N2O3/c17-12-4-2-1-3-11(12)16-15-10-5-6-13-14(9-10)19-8-7-18-13/h5-6,9,15H,1-4,7-8H2. The maximum absolute atomic E-state index is 11.6. The van der Waals surface area contributed by atoms with Crippen molar-refractivity contribution < 1.29 is 14.3 Å². The summed E-state index contributed by atoms with van der Waals surface area (Å²) in [5, 5.41) is 4.20. The first kappa shape index (κ1) is 12.0. The molecule has 0 amide bonds. The maximum Gasteiger partial charge on any atom is 0.178 e. The Labute approximate surface area is 111 Å². The van der Waals surface area contributed by atoms with Crippen molar-refractivity contribution in [3.8, 4) is 11.5 Å². The lowest BCUT2D eigenvalue weighted by atomic mass is 9.97. The lowest BCUT2D eigenvalue weighted by molar-refractivity contribution is -0.113. The van der Waals surface area contributed by atoms with Gasteiger partial charge in [0.1, 0.15) is 18.9 Å². The van der Waals surface area contributed by atoms with Crippen molar-refractivity contribution in [1.29, 1.82) is 0 Å². The summed E-state index contributed by atoms with van der Waals surface area (Å²) in [6.45, 7) is 1.14. The van der Waals surface area contributed by atoms with Gasteiger partial charge in [0.15, 0.2) is 17.3 Å². The number of fused-ring (bicyclic) bond motifs is 1. The monoisotopic (exact) mass is 260 g/mol. The molecule has 1 saturated carbocycles. The van der Waals surface area contributed by atoms with E-state index >= 15 is 0 Å². The van der Waals surface area contributed by atoms with E-state index in [1.54, 1.807) is 0 Å². The fraction of sp³-hybridized carbons (Fsp3) is 0.429. The van der Waals surface area contributed by atoms with Crippen molar-refractivity contribution in [1.82, 2.24) is 0 Å². The quantitative estimate of drug-likeness (QED) is 0.829. The van der Waals surface area contributed by atoms with Crippen LogP contribution < -0.4 is 14.9 Å². The number of hydrazone groups is 1. The number of ether oxygens (including phenoxy) is 2. The third-order valence-electron chi connectivity index (χ3n) is 3.25. The zero-order chi connectivity index (χ0) is 13.1. The van der Waals surface area contributed by atoms with Crippen LogP contribution in [0.5, 0.6) is 11.5 Å². The predicted octanol–water partition coefficient (Wildman–Crippen LogP) is 2.37.